The zero-order valence-electron chi connectivity index (χ0n) is 15.5. The predicted molar refractivity (Wildman–Crippen MR) is 100 cm³/mol. The fraction of sp³-hybridized carbons (Fsp3) is 0.316. The number of benzene rings is 1. The Balaban J connectivity index is 1.79. The number of nitrogen functional groups attached to an aromatic ring is 1. The molecule has 4 rings (SSSR count). The molecule has 2 atom stereocenters. The lowest BCUT2D eigenvalue weighted by Gasteiger charge is -2.26. The number of halogens is 2. The van der Waals surface area contributed by atoms with Crippen molar-refractivity contribution in [1.82, 2.24) is 14.6 Å². The van der Waals surface area contributed by atoms with Gasteiger partial charge in [-0.1, -0.05) is 0 Å². The summed E-state index contributed by atoms with van der Waals surface area (Å²) in [4.78, 5) is 18.4. The number of aliphatic hydroxyl groups is 1. The van der Waals surface area contributed by atoms with Crippen LogP contribution in [0, 0.1) is 11.6 Å². The molecule has 2 aromatic heterocycles. The highest BCUT2D eigenvalue weighted by Gasteiger charge is 2.35. The van der Waals surface area contributed by atoms with Crippen LogP contribution >= 0.6 is 0 Å². The molecular weight excluding hydrogens is 384 g/mol. The molecule has 1 aromatic carbocycles. The van der Waals surface area contributed by atoms with E-state index in [1.807, 2.05) is 0 Å². The monoisotopic (exact) mass is 403 g/mol. The van der Waals surface area contributed by atoms with Gasteiger partial charge in [0.25, 0.3) is 0 Å². The standard InChI is InChI=1S/C19H19F2N5O3/c1-2-29-19(28)16-17(22)24-26-6-5-15(23-18(16)26)25-9-11(27)8-14(25)12-7-10(20)3-4-13(12)21/h3-7,11,14,27H,2,8-9H2,1H3,(H2,22,24)/t11-,14?/m0/s1. The average Bonchev–Trinajstić information content (AvgIpc) is 3.22. The summed E-state index contributed by atoms with van der Waals surface area (Å²) in [5.74, 6) is -1.45. The van der Waals surface area contributed by atoms with Crippen LogP contribution in [0.15, 0.2) is 30.5 Å². The molecule has 0 saturated carbocycles. The van der Waals surface area contributed by atoms with Gasteiger partial charge >= 0.3 is 5.97 Å². The summed E-state index contributed by atoms with van der Waals surface area (Å²) in [6.45, 7) is 2.00. The van der Waals surface area contributed by atoms with E-state index in [0.29, 0.717) is 5.82 Å². The first-order valence-electron chi connectivity index (χ1n) is 9.10. The van der Waals surface area contributed by atoms with Crippen molar-refractivity contribution in [2.75, 3.05) is 23.8 Å². The number of ether oxygens (including phenoxy) is 1. The quantitative estimate of drug-likeness (QED) is 0.643. The van der Waals surface area contributed by atoms with Gasteiger partial charge in [0.1, 0.15) is 23.0 Å². The fourth-order valence-corrected chi connectivity index (χ4v) is 3.63. The Hall–Kier alpha value is -3.27. The van der Waals surface area contributed by atoms with Crippen LogP contribution in [0.25, 0.3) is 5.65 Å². The fourth-order valence-electron chi connectivity index (χ4n) is 3.63. The smallest absolute Gasteiger partial charge is 0.345 e. The SMILES string of the molecule is CCOC(=O)c1c(N)nn2ccc(N3C[C@@H](O)CC3c3cc(F)ccc3F)nc12. The Bertz CT molecular complexity index is 1090. The van der Waals surface area contributed by atoms with Crippen LogP contribution in [-0.4, -0.2) is 44.9 Å². The summed E-state index contributed by atoms with van der Waals surface area (Å²) in [6.07, 6.45) is 1.01. The number of esters is 1. The third-order valence-electron chi connectivity index (χ3n) is 4.87. The van der Waals surface area contributed by atoms with E-state index in [1.54, 1.807) is 24.1 Å². The molecule has 10 heteroatoms. The van der Waals surface area contributed by atoms with Crippen molar-refractivity contribution in [2.24, 2.45) is 0 Å². The number of hydrogen-bond acceptors (Lipinski definition) is 7. The van der Waals surface area contributed by atoms with Crippen LogP contribution in [0.1, 0.15) is 35.3 Å². The molecule has 3 heterocycles. The van der Waals surface area contributed by atoms with Crippen molar-refractivity contribution >= 4 is 23.3 Å². The van der Waals surface area contributed by atoms with Gasteiger partial charge in [-0.2, -0.15) is 0 Å². The van der Waals surface area contributed by atoms with Gasteiger partial charge in [0.05, 0.1) is 18.8 Å². The van der Waals surface area contributed by atoms with Gasteiger partial charge in [-0.15, -0.1) is 5.10 Å². The van der Waals surface area contributed by atoms with Crippen molar-refractivity contribution < 1.29 is 23.4 Å². The average molecular weight is 403 g/mol. The van der Waals surface area contributed by atoms with Gasteiger partial charge in [0.15, 0.2) is 11.5 Å². The number of aromatic nitrogens is 3. The first kappa shape index (κ1) is 19.1. The van der Waals surface area contributed by atoms with E-state index < -0.39 is 29.7 Å². The number of fused-ring (bicyclic) bond motifs is 1. The molecule has 1 unspecified atom stereocenters. The molecule has 0 bridgehead atoms. The molecule has 3 aromatic rings. The number of carbonyl (C=O) groups excluding carboxylic acids is 1. The molecular formula is C19H19F2N5O3. The first-order valence-corrected chi connectivity index (χ1v) is 9.10. The third-order valence-corrected chi connectivity index (χ3v) is 4.87. The molecule has 1 saturated heterocycles. The second-order valence-electron chi connectivity index (χ2n) is 6.76. The molecule has 1 aliphatic rings. The van der Waals surface area contributed by atoms with Crippen molar-refractivity contribution in [3.8, 4) is 0 Å². The second kappa shape index (κ2) is 7.28. The van der Waals surface area contributed by atoms with Crippen molar-refractivity contribution in [1.29, 1.82) is 0 Å². The molecule has 1 fully saturated rings. The topological polar surface area (TPSA) is 106 Å². The molecule has 152 valence electrons. The van der Waals surface area contributed by atoms with E-state index in [2.05, 4.69) is 10.1 Å². The van der Waals surface area contributed by atoms with Crippen LogP contribution in [0.4, 0.5) is 20.4 Å². The summed E-state index contributed by atoms with van der Waals surface area (Å²) < 4.78 is 34.4. The highest BCUT2D eigenvalue weighted by Crippen LogP contribution is 2.37. The first-order chi connectivity index (χ1) is 13.9. The molecule has 0 radical (unpaired) electrons. The summed E-state index contributed by atoms with van der Waals surface area (Å²) in [6, 6.07) is 4.20. The van der Waals surface area contributed by atoms with Gasteiger partial charge in [-0.3, -0.25) is 0 Å². The minimum absolute atomic E-state index is 0.0257. The lowest BCUT2D eigenvalue weighted by molar-refractivity contribution is 0.0529. The Morgan fingerprint density at radius 1 is 1.38 bits per heavy atom. The maximum atomic E-state index is 14.4. The van der Waals surface area contributed by atoms with E-state index in [4.69, 9.17) is 10.5 Å². The number of β-amino-alcohol motifs (C(OH)–C–C–N with tert-alkyl or cyclic N) is 1. The third kappa shape index (κ3) is 3.35. The van der Waals surface area contributed by atoms with Crippen LogP contribution < -0.4 is 10.6 Å². The lowest BCUT2D eigenvalue weighted by Crippen LogP contribution is -2.26. The second-order valence-corrected chi connectivity index (χ2v) is 6.76. The molecule has 29 heavy (non-hydrogen) atoms. The molecule has 8 nitrogen and oxygen atoms in total. The van der Waals surface area contributed by atoms with E-state index in [0.717, 1.165) is 18.2 Å². The number of hydrogen-bond donors (Lipinski definition) is 2. The Labute approximate surface area is 164 Å². The van der Waals surface area contributed by atoms with Crippen molar-refractivity contribution in [3.05, 3.63) is 53.2 Å². The van der Waals surface area contributed by atoms with Gasteiger partial charge in [0.2, 0.25) is 0 Å². The molecule has 0 amide bonds. The van der Waals surface area contributed by atoms with Gasteiger partial charge in [-0.25, -0.2) is 23.1 Å². The van der Waals surface area contributed by atoms with Crippen LogP contribution in [-0.2, 0) is 4.74 Å². The van der Waals surface area contributed by atoms with Crippen molar-refractivity contribution in [2.45, 2.75) is 25.5 Å². The van der Waals surface area contributed by atoms with E-state index in [1.165, 1.54) is 4.52 Å². The summed E-state index contributed by atoms with van der Waals surface area (Å²) in [5, 5.41) is 14.2. The number of anilines is 2. The normalized spacial score (nSPS) is 19.1. The van der Waals surface area contributed by atoms with Gasteiger partial charge < -0.3 is 20.5 Å². The van der Waals surface area contributed by atoms with Crippen LogP contribution in [0.2, 0.25) is 0 Å². The zero-order valence-corrected chi connectivity index (χ0v) is 15.5. The zero-order chi connectivity index (χ0) is 20.7. The molecule has 0 spiro atoms. The van der Waals surface area contributed by atoms with Crippen LogP contribution in [0.3, 0.4) is 0 Å². The Morgan fingerprint density at radius 2 is 2.17 bits per heavy atom. The molecule has 0 aliphatic carbocycles. The molecule has 3 N–H and O–H groups in total. The minimum atomic E-state index is -0.750. The number of carbonyl (C=O) groups is 1. The Morgan fingerprint density at radius 3 is 2.93 bits per heavy atom. The minimum Gasteiger partial charge on any atom is -0.462 e. The van der Waals surface area contributed by atoms with Gasteiger partial charge in [-0.05, 0) is 37.6 Å². The largest absolute Gasteiger partial charge is 0.462 e. The molecule has 1 aliphatic heterocycles. The summed E-state index contributed by atoms with van der Waals surface area (Å²) >= 11 is 0. The number of rotatable bonds is 4. The maximum Gasteiger partial charge on any atom is 0.345 e. The lowest BCUT2D eigenvalue weighted by atomic mass is 10.0. The van der Waals surface area contributed by atoms with E-state index >= 15 is 0 Å². The van der Waals surface area contributed by atoms with Crippen molar-refractivity contribution in [3.63, 3.8) is 0 Å². The Kier molecular flexibility index (Phi) is 4.79. The van der Waals surface area contributed by atoms with E-state index in [9.17, 15) is 18.7 Å². The maximum absolute atomic E-state index is 14.4. The highest BCUT2D eigenvalue weighted by molar-refractivity contribution is 6.00. The predicted octanol–water partition coefficient (Wildman–Crippen LogP) is 2.08. The summed E-state index contributed by atoms with van der Waals surface area (Å²) in [7, 11) is 0. The van der Waals surface area contributed by atoms with Gasteiger partial charge in [0, 0.05) is 18.3 Å². The summed E-state index contributed by atoms with van der Waals surface area (Å²) in [5.41, 5.74) is 6.18. The number of nitrogens with two attached hydrogens (primary N) is 1. The van der Waals surface area contributed by atoms with E-state index in [-0.39, 0.29) is 42.2 Å². The number of nitrogens with zero attached hydrogens (tertiary/aromatic N) is 4. The van der Waals surface area contributed by atoms with Crippen LogP contribution in [0.5, 0.6) is 0 Å². The highest BCUT2D eigenvalue weighted by atomic mass is 19.1. The number of aliphatic hydroxyl groups excluding tert-OH is 1.